The standard InChI is InChI=1S/C14H14O16/c1-2-3(4(15)16)12(5(17)18,6(19)20)14(10(27)28,11(29)30)13(7(21)22,8(23)24)9(25)26/h3H,2H2,1H3,(H,15,16)(H,17,18)(H,19,20)(H,21,22)(H,23,24)(H,25,26)(H,27,28)(H,29,30). The summed E-state index contributed by atoms with van der Waals surface area (Å²) in [5.41, 5.74) is -15.3. The van der Waals surface area contributed by atoms with Gasteiger partial charge in [-0.15, -0.1) is 0 Å². The van der Waals surface area contributed by atoms with E-state index in [1.807, 2.05) is 0 Å². The van der Waals surface area contributed by atoms with Gasteiger partial charge in [-0.05, 0) is 6.42 Å². The summed E-state index contributed by atoms with van der Waals surface area (Å²) in [6.45, 7) is 0.734. The molecule has 0 aliphatic carbocycles. The van der Waals surface area contributed by atoms with Crippen LogP contribution < -0.4 is 0 Å². The molecule has 0 saturated carbocycles. The van der Waals surface area contributed by atoms with Crippen molar-refractivity contribution in [1.29, 1.82) is 0 Å². The Labute approximate surface area is 163 Å². The number of rotatable bonds is 12. The van der Waals surface area contributed by atoms with Gasteiger partial charge in [0.1, 0.15) is 0 Å². The first kappa shape index (κ1) is 25.8. The van der Waals surface area contributed by atoms with Crippen molar-refractivity contribution in [1.82, 2.24) is 0 Å². The molecule has 30 heavy (non-hydrogen) atoms. The zero-order valence-corrected chi connectivity index (χ0v) is 14.6. The zero-order chi connectivity index (χ0) is 24.4. The molecule has 0 aliphatic heterocycles. The molecule has 0 saturated heterocycles. The van der Waals surface area contributed by atoms with Crippen molar-refractivity contribution in [2.75, 3.05) is 0 Å². The topological polar surface area (TPSA) is 298 Å². The molecule has 0 radical (unpaired) electrons. The monoisotopic (exact) mass is 438 g/mol. The molecule has 0 aromatic heterocycles. The largest absolute Gasteiger partial charge is 0.481 e. The van der Waals surface area contributed by atoms with E-state index < -0.39 is 76.3 Å². The highest BCUT2D eigenvalue weighted by Gasteiger charge is 2.89. The molecule has 0 heterocycles. The molecule has 166 valence electrons. The van der Waals surface area contributed by atoms with Crippen LogP contribution in [-0.4, -0.2) is 88.6 Å². The first-order valence-electron chi connectivity index (χ1n) is 7.36. The van der Waals surface area contributed by atoms with Crippen LogP contribution in [0.3, 0.4) is 0 Å². The lowest BCUT2D eigenvalue weighted by Crippen LogP contribution is -2.76. The molecule has 16 heteroatoms. The van der Waals surface area contributed by atoms with Gasteiger partial charge in [0.05, 0.1) is 5.92 Å². The van der Waals surface area contributed by atoms with Crippen molar-refractivity contribution in [3.63, 3.8) is 0 Å². The predicted octanol–water partition coefficient (Wildman–Crippen LogP) is -2.35. The van der Waals surface area contributed by atoms with E-state index in [-0.39, 0.29) is 0 Å². The van der Waals surface area contributed by atoms with E-state index in [0.717, 1.165) is 6.92 Å². The maximum absolute atomic E-state index is 12.0. The van der Waals surface area contributed by atoms with Gasteiger partial charge in [0.15, 0.2) is 0 Å². The molecular formula is C14H14O16. The molecule has 0 rings (SSSR count). The molecule has 16 nitrogen and oxygen atoms in total. The van der Waals surface area contributed by atoms with Crippen LogP contribution in [0.4, 0.5) is 0 Å². The van der Waals surface area contributed by atoms with Gasteiger partial charge in [-0.2, -0.15) is 0 Å². The van der Waals surface area contributed by atoms with Gasteiger partial charge in [-0.25, -0.2) is 0 Å². The molecular weight excluding hydrogens is 424 g/mol. The van der Waals surface area contributed by atoms with Crippen molar-refractivity contribution < 1.29 is 79.2 Å². The zero-order valence-electron chi connectivity index (χ0n) is 14.6. The third-order valence-electron chi connectivity index (χ3n) is 4.66. The summed E-state index contributed by atoms with van der Waals surface area (Å²) in [4.78, 5) is 94.7. The van der Waals surface area contributed by atoms with Gasteiger partial charge >= 0.3 is 47.8 Å². The Hall–Kier alpha value is -4.24. The minimum atomic E-state index is -5.31. The molecule has 0 spiro atoms. The Kier molecular flexibility index (Phi) is 6.88. The molecule has 8 N–H and O–H groups in total. The fourth-order valence-corrected chi connectivity index (χ4v) is 3.44. The number of hydrogen-bond donors (Lipinski definition) is 8. The van der Waals surface area contributed by atoms with Crippen molar-refractivity contribution in [2.24, 2.45) is 22.2 Å². The number of carboxylic acids is 8. The highest BCUT2D eigenvalue weighted by molar-refractivity contribution is 6.29. The number of aliphatic carboxylic acids is 8. The number of carboxylic acid groups (broad SMARTS) is 8. The van der Waals surface area contributed by atoms with Crippen molar-refractivity contribution in [2.45, 2.75) is 13.3 Å². The van der Waals surface area contributed by atoms with Gasteiger partial charge in [-0.3, -0.25) is 38.4 Å². The summed E-state index contributed by atoms with van der Waals surface area (Å²) >= 11 is 0. The van der Waals surface area contributed by atoms with Crippen LogP contribution in [0.15, 0.2) is 0 Å². The third-order valence-corrected chi connectivity index (χ3v) is 4.66. The van der Waals surface area contributed by atoms with Gasteiger partial charge in [0.2, 0.25) is 10.8 Å². The molecule has 1 atom stereocenters. The highest BCUT2D eigenvalue weighted by Crippen LogP contribution is 2.58. The van der Waals surface area contributed by atoms with E-state index in [4.69, 9.17) is 0 Å². The fourth-order valence-electron chi connectivity index (χ4n) is 3.44. The van der Waals surface area contributed by atoms with Crippen molar-refractivity contribution >= 4 is 47.8 Å². The van der Waals surface area contributed by atoms with Crippen LogP contribution in [0, 0.1) is 22.2 Å². The summed E-state index contributed by atoms with van der Waals surface area (Å²) in [7, 11) is 0. The number of carbonyl (C=O) groups is 8. The second-order valence-electron chi connectivity index (χ2n) is 5.74. The summed E-state index contributed by atoms with van der Waals surface area (Å²) in [6, 6.07) is 0. The predicted molar refractivity (Wildman–Crippen MR) is 82.2 cm³/mol. The Balaban J connectivity index is 8.63. The highest BCUT2D eigenvalue weighted by atomic mass is 16.4. The maximum Gasteiger partial charge on any atom is 0.334 e. The lowest BCUT2D eigenvalue weighted by atomic mass is 9.46. The van der Waals surface area contributed by atoms with E-state index in [1.54, 1.807) is 0 Å². The third kappa shape index (κ3) is 2.68. The van der Waals surface area contributed by atoms with Crippen LogP contribution in [0.2, 0.25) is 0 Å². The van der Waals surface area contributed by atoms with Crippen molar-refractivity contribution in [3.05, 3.63) is 0 Å². The van der Waals surface area contributed by atoms with E-state index in [2.05, 4.69) is 0 Å². The average molecular weight is 438 g/mol. The second kappa shape index (κ2) is 8.02. The minimum Gasteiger partial charge on any atom is -0.481 e. The summed E-state index contributed by atoms with van der Waals surface area (Å²) in [5.74, 6) is -28.3. The Bertz CT molecular complexity index is 786. The molecule has 1 unspecified atom stereocenters. The first-order chi connectivity index (χ1) is 13.5. The lowest BCUT2D eigenvalue weighted by molar-refractivity contribution is -0.227. The summed E-state index contributed by atoms with van der Waals surface area (Å²) in [5, 5.41) is 75.3. The Morgan fingerprint density at radius 2 is 0.867 bits per heavy atom. The molecule has 0 bridgehead atoms. The van der Waals surface area contributed by atoms with Crippen LogP contribution in [0.5, 0.6) is 0 Å². The SMILES string of the molecule is CCC(C(=O)O)C(C(=O)O)(C(=O)O)C(C(=O)O)(C(=O)O)C(C(=O)O)(C(=O)O)C(=O)O. The Morgan fingerprint density at radius 3 is 1.00 bits per heavy atom. The van der Waals surface area contributed by atoms with Gasteiger partial charge in [-0.1, -0.05) is 6.92 Å². The van der Waals surface area contributed by atoms with E-state index in [0.29, 0.717) is 0 Å². The van der Waals surface area contributed by atoms with E-state index in [1.165, 1.54) is 0 Å². The van der Waals surface area contributed by atoms with E-state index >= 15 is 0 Å². The molecule has 0 amide bonds. The smallest absolute Gasteiger partial charge is 0.334 e. The maximum atomic E-state index is 12.0. The van der Waals surface area contributed by atoms with Crippen LogP contribution >= 0.6 is 0 Å². The molecule has 0 aliphatic rings. The number of hydrogen-bond acceptors (Lipinski definition) is 8. The Morgan fingerprint density at radius 1 is 0.567 bits per heavy atom. The second-order valence-corrected chi connectivity index (χ2v) is 5.74. The average Bonchev–Trinajstić information content (AvgIpc) is 2.54. The molecule has 0 aromatic rings. The molecule has 0 aromatic carbocycles. The van der Waals surface area contributed by atoms with Crippen LogP contribution in [-0.2, 0) is 38.4 Å². The van der Waals surface area contributed by atoms with Gasteiger partial charge in [0.25, 0.3) is 5.41 Å². The first-order valence-corrected chi connectivity index (χ1v) is 7.36. The normalized spacial score (nSPS) is 13.0. The van der Waals surface area contributed by atoms with Gasteiger partial charge in [0, 0.05) is 0 Å². The van der Waals surface area contributed by atoms with Gasteiger partial charge < -0.3 is 40.9 Å². The summed E-state index contributed by atoms with van der Waals surface area (Å²) in [6.07, 6.45) is -1.19. The van der Waals surface area contributed by atoms with E-state index in [9.17, 15) is 79.2 Å². The van der Waals surface area contributed by atoms with Crippen LogP contribution in [0.1, 0.15) is 13.3 Å². The quantitative estimate of drug-likeness (QED) is 0.148. The van der Waals surface area contributed by atoms with Crippen molar-refractivity contribution in [3.8, 4) is 0 Å². The summed E-state index contributed by atoms with van der Waals surface area (Å²) < 4.78 is 0. The molecule has 0 fully saturated rings. The fraction of sp³-hybridized carbons (Fsp3) is 0.429. The minimum absolute atomic E-state index is 0.734. The van der Waals surface area contributed by atoms with Crippen LogP contribution in [0.25, 0.3) is 0 Å². The lowest BCUT2D eigenvalue weighted by Gasteiger charge is -2.46.